The van der Waals surface area contributed by atoms with Gasteiger partial charge in [-0.05, 0) is 42.5 Å². The van der Waals surface area contributed by atoms with Crippen LogP contribution in [0.15, 0.2) is 66.7 Å². The molecule has 2 aliphatic heterocycles. The molecular weight excluding hydrogens is 592 g/mol. The summed E-state index contributed by atoms with van der Waals surface area (Å²) in [6, 6.07) is 16.8. The van der Waals surface area contributed by atoms with Crippen molar-refractivity contribution in [1.29, 1.82) is 0 Å². The van der Waals surface area contributed by atoms with Gasteiger partial charge < -0.3 is 43.6 Å². The molecule has 45 heavy (non-hydrogen) atoms. The number of benzene rings is 3. The fraction of sp³-hybridized carbons (Fsp3) is 0.290. The third-order valence-electron chi connectivity index (χ3n) is 7.11. The van der Waals surface area contributed by atoms with Crippen LogP contribution in [0, 0.1) is 0 Å². The monoisotopic (exact) mass is 622 g/mol. The van der Waals surface area contributed by atoms with E-state index >= 15 is 0 Å². The van der Waals surface area contributed by atoms with Crippen molar-refractivity contribution in [2.45, 2.75) is 18.2 Å². The summed E-state index contributed by atoms with van der Waals surface area (Å²) in [5.74, 6) is -1.17. The Morgan fingerprint density at radius 1 is 0.911 bits per heavy atom. The molecule has 0 aliphatic carbocycles. The molecule has 0 spiro atoms. The van der Waals surface area contributed by atoms with Gasteiger partial charge >= 0.3 is 12.1 Å². The SMILES string of the molecule is COCOc1ccc(C(=O)NC2(C(=O)c3cc4c(cc3OCOC)OCO4)CC(OC(=O)c3ccccc3)N(C(=O)O)C2)cc1. The second-order valence-electron chi connectivity index (χ2n) is 10.0. The molecule has 2 unspecified atom stereocenters. The number of Topliss-reactive ketones (excluding diaryl/α,β-unsaturated/α-hetero) is 1. The normalized spacial score (nSPS) is 18.3. The molecule has 2 atom stereocenters. The average molecular weight is 623 g/mol. The molecule has 14 heteroatoms. The highest BCUT2D eigenvalue weighted by molar-refractivity contribution is 6.10. The number of hydrogen-bond acceptors (Lipinski definition) is 11. The molecule has 236 valence electrons. The molecule has 5 rings (SSSR count). The van der Waals surface area contributed by atoms with Crippen LogP contribution in [0.1, 0.15) is 37.5 Å². The minimum atomic E-state index is -1.92. The molecule has 1 fully saturated rings. The van der Waals surface area contributed by atoms with Gasteiger partial charge in [-0.2, -0.15) is 0 Å². The van der Waals surface area contributed by atoms with E-state index in [4.69, 9.17) is 33.2 Å². The van der Waals surface area contributed by atoms with Crippen molar-refractivity contribution < 1.29 is 57.4 Å². The summed E-state index contributed by atoms with van der Waals surface area (Å²) in [6.45, 7) is -0.866. The van der Waals surface area contributed by atoms with Crippen LogP contribution in [0.25, 0.3) is 0 Å². The molecule has 0 saturated carbocycles. The Balaban J connectivity index is 1.52. The molecule has 2 N–H and O–H groups in total. The molecule has 2 heterocycles. The largest absolute Gasteiger partial charge is 0.468 e. The second kappa shape index (κ2) is 13.5. The lowest BCUT2D eigenvalue weighted by Gasteiger charge is -2.29. The summed E-state index contributed by atoms with van der Waals surface area (Å²) in [7, 11) is 2.87. The Morgan fingerprint density at radius 3 is 2.24 bits per heavy atom. The van der Waals surface area contributed by atoms with Gasteiger partial charge in [0, 0.05) is 32.3 Å². The topological polar surface area (TPSA) is 168 Å². The van der Waals surface area contributed by atoms with Crippen molar-refractivity contribution in [3.05, 3.63) is 83.4 Å². The quantitative estimate of drug-likeness (QED) is 0.172. The predicted octanol–water partition coefficient (Wildman–Crippen LogP) is 3.30. The maximum atomic E-state index is 14.5. The number of hydrogen-bond donors (Lipinski definition) is 2. The van der Waals surface area contributed by atoms with Gasteiger partial charge in [-0.3, -0.25) is 14.5 Å². The number of carbonyl (C=O) groups is 4. The standard InChI is InChI=1S/C31H30N2O12/c1-39-16-41-21-10-8-19(9-11-21)28(35)32-31(27(34)22-12-24-25(44-18-43-24)13-23(22)42-17-40-2)14-26(33(15-31)30(37)38)45-29(36)20-6-4-3-5-7-20/h3-13,26H,14-18H2,1-2H3,(H,32,35)(H,37,38). The van der Waals surface area contributed by atoms with Crippen LogP contribution < -0.4 is 24.3 Å². The first-order valence-electron chi connectivity index (χ1n) is 13.6. The number of amides is 2. The lowest BCUT2D eigenvalue weighted by atomic mass is 9.86. The molecule has 3 aromatic carbocycles. The number of carbonyl (C=O) groups excluding carboxylic acids is 3. The third-order valence-corrected chi connectivity index (χ3v) is 7.11. The summed E-state index contributed by atoms with van der Waals surface area (Å²) < 4.78 is 37.4. The average Bonchev–Trinajstić information content (AvgIpc) is 3.67. The summed E-state index contributed by atoms with van der Waals surface area (Å²) in [5, 5.41) is 12.8. The van der Waals surface area contributed by atoms with E-state index in [-0.39, 0.29) is 48.6 Å². The maximum absolute atomic E-state index is 14.5. The first kappa shape index (κ1) is 31.1. The fourth-order valence-electron chi connectivity index (χ4n) is 4.96. The number of ketones is 1. The van der Waals surface area contributed by atoms with E-state index in [0.717, 1.165) is 4.90 Å². The van der Waals surface area contributed by atoms with Gasteiger partial charge in [-0.1, -0.05) is 18.2 Å². The van der Waals surface area contributed by atoms with Crippen LogP contribution in [0.5, 0.6) is 23.0 Å². The van der Waals surface area contributed by atoms with Crippen molar-refractivity contribution in [3.63, 3.8) is 0 Å². The third kappa shape index (κ3) is 6.76. The van der Waals surface area contributed by atoms with Crippen LogP contribution in [-0.4, -0.2) is 86.7 Å². The van der Waals surface area contributed by atoms with E-state index in [1.807, 2.05) is 0 Å². The maximum Gasteiger partial charge on any atom is 0.410 e. The summed E-state index contributed by atoms with van der Waals surface area (Å²) >= 11 is 0. The number of fused-ring (bicyclic) bond motifs is 1. The van der Waals surface area contributed by atoms with E-state index in [0.29, 0.717) is 11.5 Å². The molecular formula is C31H30N2O12. The van der Waals surface area contributed by atoms with Crippen molar-refractivity contribution in [2.24, 2.45) is 0 Å². The van der Waals surface area contributed by atoms with Crippen LogP contribution >= 0.6 is 0 Å². The van der Waals surface area contributed by atoms with E-state index in [2.05, 4.69) is 5.32 Å². The number of carboxylic acid groups (broad SMARTS) is 1. The van der Waals surface area contributed by atoms with Gasteiger partial charge in [0.05, 0.1) is 17.7 Å². The molecule has 3 aromatic rings. The Morgan fingerprint density at radius 2 is 1.58 bits per heavy atom. The Labute approximate surface area is 257 Å². The van der Waals surface area contributed by atoms with E-state index < -0.39 is 48.5 Å². The number of esters is 1. The first-order valence-corrected chi connectivity index (χ1v) is 13.6. The lowest BCUT2D eigenvalue weighted by Crippen LogP contribution is -2.56. The van der Waals surface area contributed by atoms with E-state index in [1.54, 1.807) is 30.3 Å². The number of rotatable bonds is 12. The van der Waals surface area contributed by atoms with Gasteiger partial charge in [0.25, 0.3) is 5.91 Å². The van der Waals surface area contributed by atoms with Crippen LogP contribution in [0.3, 0.4) is 0 Å². The molecule has 0 bridgehead atoms. The van der Waals surface area contributed by atoms with Gasteiger partial charge in [-0.15, -0.1) is 0 Å². The highest BCUT2D eigenvalue weighted by atomic mass is 16.7. The molecule has 1 saturated heterocycles. The van der Waals surface area contributed by atoms with Crippen molar-refractivity contribution >= 4 is 23.8 Å². The van der Waals surface area contributed by atoms with Crippen molar-refractivity contribution in [1.82, 2.24) is 10.2 Å². The van der Waals surface area contributed by atoms with E-state index in [1.165, 1.54) is 50.6 Å². The minimum Gasteiger partial charge on any atom is -0.468 e. The number of ether oxygens (including phenoxy) is 7. The van der Waals surface area contributed by atoms with Gasteiger partial charge in [-0.25, -0.2) is 9.59 Å². The Kier molecular flexibility index (Phi) is 9.35. The molecule has 14 nitrogen and oxygen atoms in total. The van der Waals surface area contributed by atoms with Gasteiger partial charge in [0.1, 0.15) is 17.0 Å². The van der Waals surface area contributed by atoms with Crippen molar-refractivity contribution in [3.8, 4) is 23.0 Å². The highest BCUT2D eigenvalue weighted by Gasteiger charge is 2.54. The highest BCUT2D eigenvalue weighted by Crippen LogP contribution is 2.41. The lowest BCUT2D eigenvalue weighted by molar-refractivity contribution is -0.00847. The number of methoxy groups -OCH3 is 2. The smallest absolute Gasteiger partial charge is 0.410 e. The van der Waals surface area contributed by atoms with Gasteiger partial charge in [0.2, 0.25) is 6.79 Å². The number of nitrogens with zero attached hydrogens (tertiary/aromatic N) is 1. The Hall–Kier alpha value is -5.34. The van der Waals surface area contributed by atoms with Crippen LogP contribution in [-0.2, 0) is 14.2 Å². The zero-order valence-electron chi connectivity index (χ0n) is 24.3. The van der Waals surface area contributed by atoms with Gasteiger partial charge in [0.15, 0.2) is 37.1 Å². The predicted molar refractivity (Wildman–Crippen MR) is 154 cm³/mol. The second-order valence-corrected chi connectivity index (χ2v) is 10.0. The summed E-state index contributed by atoms with van der Waals surface area (Å²) in [5.41, 5.74) is -1.63. The molecule has 2 aliphatic rings. The van der Waals surface area contributed by atoms with E-state index in [9.17, 15) is 24.3 Å². The number of likely N-dealkylation sites (tertiary alicyclic amines) is 1. The zero-order chi connectivity index (χ0) is 32.0. The van der Waals surface area contributed by atoms with Crippen LogP contribution in [0.4, 0.5) is 4.79 Å². The summed E-state index contributed by atoms with van der Waals surface area (Å²) in [6.07, 6.45) is -3.30. The molecule has 2 amide bonds. The van der Waals surface area contributed by atoms with Crippen molar-refractivity contribution in [2.75, 3.05) is 41.1 Å². The first-order chi connectivity index (χ1) is 21.7. The molecule has 0 aromatic heterocycles. The summed E-state index contributed by atoms with van der Waals surface area (Å²) in [4.78, 5) is 54.4. The fourth-order valence-corrected chi connectivity index (χ4v) is 4.96. The zero-order valence-corrected chi connectivity index (χ0v) is 24.3. The number of nitrogens with one attached hydrogen (secondary N) is 1. The Bertz CT molecular complexity index is 1560. The minimum absolute atomic E-state index is 0.000275. The molecule has 0 radical (unpaired) electrons. The van der Waals surface area contributed by atoms with Crippen LogP contribution in [0.2, 0.25) is 0 Å².